The first kappa shape index (κ1) is 9.71. The Kier molecular flexibility index (Phi) is 3.19. The third kappa shape index (κ3) is 2.35. The summed E-state index contributed by atoms with van der Waals surface area (Å²) in [5.74, 6) is 1.42. The molecule has 2 unspecified atom stereocenters. The van der Waals surface area contributed by atoms with Crippen LogP contribution >= 0.6 is 11.6 Å². The van der Waals surface area contributed by atoms with E-state index in [1.807, 2.05) is 0 Å². The van der Waals surface area contributed by atoms with Gasteiger partial charge in [0, 0.05) is 24.3 Å². The van der Waals surface area contributed by atoms with E-state index in [1.54, 1.807) is 18.6 Å². The molecule has 1 N–H and O–H groups in total. The molecule has 1 aliphatic rings. The summed E-state index contributed by atoms with van der Waals surface area (Å²) >= 11 is 6.17. The summed E-state index contributed by atoms with van der Waals surface area (Å²) in [5, 5.41) is 3.59. The monoisotopic (exact) mass is 211 g/mol. The van der Waals surface area contributed by atoms with Gasteiger partial charge < -0.3 is 5.32 Å². The van der Waals surface area contributed by atoms with Crippen LogP contribution in [0.25, 0.3) is 0 Å². The summed E-state index contributed by atoms with van der Waals surface area (Å²) in [7, 11) is 0. The van der Waals surface area contributed by atoms with Crippen LogP contribution in [0.3, 0.4) is 0 Å². The number of alkyl halides is 1. The Morgan fingerprint density at radius 1 is 1.43 bits per heavy atom. The summed E-state index contributed by atoms with van der Waals surface area (Å²) in [6.45, 7) is 0.910. The number of aromatic nitrogens is 2. The van der Waals surface area contributed by atoms with Crippen molar-refractivity contribution in [2.24, 2.45) is 5.92 Å². The summed E-state index contributed by atoms with van der Waals surface area (Å²) in [6, 6.07) is 0. The van der Waals surface area contributed by atoms with E-state index < -0.39 is 0 Å². The number of hydrogen-bond acceptors (Lipinski definition) is 3. The second-order valence-electron chi connectivity index (χ2n) is 3.68. The Balaban J connectivity index is 1.82. The Labute approximate surface area is 88.9 Å². The molecule has 0 aliphatic heterocycles. The highest BCUT2D eigenvalue weighted by atomic mass is 35.5. The molecule has 1 aromatic rings. The van der Waals surface area contributed by atoms with Gasteiger partial charge in [0.25, 0.3) is 0 Å². The Bertz CT molecular complexity index is 278. The lowest BCUT2D eigenvalue weighted by atomic mass is 10.1. The molecule has 14 heavy (non-hydrogen) atoms. The van der Waals surface area contributed by atoms with E-state index in [0.29, 0.717) is 11.3 Å². The van der Waals surface area contributed by atoms with Crippen LogP contribution in [0.5, 0.6) is 0 Å². The molecule has 3 nitrogen and oxygen atoms in total. The lowest BCUT2D eigenvalue weighted by Gasteiger charge is -2.14. The summed E-state index contributed by atoms with van der Waals surface area (Å²) in [5.41, 5.74) is 0. The van der Waals surface area contributed by atoms with E-state index in [2.05, 4.69) is 15.3 Å². The lowest BCUT2D eigenvalue weighted by molar-refractivity contribution is 0.585. The minimum Gasteiger partial charge on any atom is -0.368 e. The first-order valence-electron chi connectivity index (χ1n) is 5.00. The molecule has 1 aliphatic carbocycles. The van der Waals surface area contributed by atoms with E-state index in [9.17, 15) is 0 Å². The summed E-state index contributed by atoms with van der Waals surface area (Å²) in [4.78, 5) is 8.14. The average molecular weight is 212 g/mol. The number of rotatable bonds is 3. The van der Waals surface area contributed by atoms with Gasteiger partial charge in [0.15, 0.2) is 0 Å². The molecule has 76 valence electrons. The fraction of sp³-hybridized carbons (Fsp3) is 0.600. The molecule has 1 aromatic heterocycles. The van der Waals surface area contributed by atoms with Crippen molar-refractivity contribution in [1.29, 1.82) is 0 Å². The molecule has 1 heterocycles. The molecule has 0 spiro atoms. The van der Waals surface area contributed by atoms with Gasteiger partial charge in [-0.1, -0.05) is 6.42 Å². The lowest BCUT2D eigenvalue weighted by Crippen LogP contribution is -2.18. The zero-order valence-corrected chi connectivity index (χ0v) is 8.74. The van der Waals surface area contributed by atoms with Crippen LogP contribution in [-0.2, 0) is 0 Å². The Hall–Kier alpha value is -0.830. The molecule has 0 radical (unpaired) electrons. The molecule has 1 saturated carbocycles. The van der Waals surface area contributed by atoms with Crippen molar-refractivity contribution < 1.29 is 0 Å². The van der Waals surface area contributed by atoms with E-state index in [4.69, 9.17) is 11.6 Å². The average Bonchev–Trinajstić information content (AvgIpc) is 2.63. The number of hydrogen-bond donors (Lipinski definition) is 1. The predicted octanol–water partition coefficient (Wildman–Crippen LogP) is 2.30. The number of halogens is 1. The zero-order valence-electron chi connectivity index (χ0n) is 7.99. The van der Waals surface area contributed by atoms with E-state index in [-0.39, 0.29) is 0 Å². The van der Waals surface area contributed by atoms with Crippen molar-refractivity contribution in [2.75, 3.05) is 11.9 Å². The summed E-state index contributed by atoms with van der Waals surface area (Å²) in [6.07, 6.45) is 8.72. The molecular weight excluding hydrogens is 198 g/mol. The predicted molar refractivity (Wildman–Crippen MR) is 57.5 cm³/mol. The topological polar surface area (TPSA) is 37.8 Å². The molecule has 0 bridgehead atoms. The zero-order chi connectivity index (χ0) is 9.80. The van der Waals surface area contributed by atoms with Crippen LogP contribution in [0.15, 0.2) is 18.6 Å². The van der Waals surface area contributed by atoms with Gasteiger partial charge in [-0.2, -0.15) is 0 Å². The first-order chi connectivity index (χ1) is 6.86. The van der Waals surface area contributed by atoms with Gasteiger partial charge in [-0.3, -0.25) is 4.98 Å². The molecule has 2 rings (SSSR count). The number of nitrogens with zero attached hydrogens (tertiary/aromatic N) is 2. The van der Waals surface area contributed by atoms with Crippen LogP contribution in [0.2, 0.25) is 0 Å². The van der Waals surface area contributed by atoms with Gasteiger partial charge in [0.1, 0.15) is 5.82 Å². The Morgan fingerprint density at radius 2 is 2.36 bits per heavy atom. The van der Waals surface area contributed by atoms with Crippen molar-refractivity contribution in [3.63, 3.8) is 0 Å². The number of nitrogens with one attached hydrogen (secondary N) is 1. The van der Waals surface area contributed by atoms with Crippen LogP contribution in [0.1, 0.15) is 19.3 Å². The molecule has 0 saturated heterocycles. The maximum absolute atomic E-state index is 6.17. The number of anilines is 1. The van der Waals surface area contributed by atoms with Gasteiger partial charge >= 0.3 is 0 Å². The smallest absolute Gasteiger partial charge is 0.144 e. The van der Waals surface area contributed by atoms with Crippen LogP contribution < -0.4 is 5.32 Å². The van der Waals surface area contributed by atoms with Gasteiger partial charge in [-0.15, -0.1) is 11.6 Å². The third-order valence-electron chi connectivity index (χ3n) is 2.67. The molecule has 2 atom stereocenters. The standard InChI is InChI=1S/C10H14ClN3/c11-9-3-1-2-8(9)6-14-10-7-12-4-5-13-10/h4-5,7-9H,1-3,6H2,(H,13,14). The van der Waals surface area contributed by atoms with E-state index in [1.165, 1.54) is 12.8 Å². The fourth-order valence-corrected chi connectivity index (χ4v) is 2.22. The van der Waals surface area contributed by atoms with E-state index >= 15 is 0 Å². The fourth-order valence-electron chi connectivity index (χ4n) is 1.85. The van der Waals surface area contributed by atoms with Gasteiger partial charge in [0.05, 0.1) is 6.20 Å². The van der Waals surface area contributed by atoms with Gasteiger partial charge in [0.2, 0.25) is 0 Å². The SMILES string of the molecule is ClC1CCCC1CNc1cnccn1. The third-order valence-corrected chi connectivity index (χ3v) is 3.25. The quantitative estimate of drug-likeness (QED) is 0.780. The second kappa shape index (κ2) is 4.60. The van der Waals surface area contributed by atoms with E-state index in [0.717, 1.165) is 18.8 Å². The normalized spacial score (nSPS) is 26.4. The molecular formula is C10H14ClN3. The summed E-state index contributed by atoms with van der Waals surface area (Å²) < 4.78 is 0. The van der Waals surface area contributed by atoms with Crippen LogP contribution in [0, 0.1) is 5.92 Å². The second-order valence-corrected chi connectivity index (χ2v) is 4.24. The van der Waals surface area contributed by atoms with Gasteiger partial charge in [-0.25, -0.2) is 4.98 Å². The highest BCUT2D eigenvalue weighted by molar-refractivity contribution is 6.20. The Morgan fingerprint density at radius 3 is 3.00 bits per heavy atom. The molecule has 4 heteroatoms. The first-order valence-corrected chi connectivity index (χ1v) is 5.44. The van der Waals surface area contributed by atoms with Crippen LogP contribution in [0.4, 0.5) is 5.82 Å². The van der Waals surface area contributed by atoms with Crippen molar-refractivity contribution in [2.45, 2.75) is 24.6 Å². The van der Waals surface area contributed by atoms with Crippen LogP contribution in [-0.4, -0.2) is 21.9 Å². The van der Waals surface area contributed by atoms with Crippen molar-refractivity contribution in [3.8, 4) is 0 Å². The minimum atomic E-state index is 0.333. The van der Waals surface area contributed by atoms with Gasteiger partial charge in [-0.05, 0) is 18.8 Å². The molecule has 0 amide bonds. The van der Waals surface area contributed by atoms with Crippen molar-refractivity contribution >= 4 is 17.4 Å². The maximum Gasteiger partial charge on any atom is 0.144 e. The van der Waals surface area contributed by atoms with Crippen molar-refractivity contribution in [1.82, 2.24) is 9.97 Å². The highest BCUT2D eigenvalue weighted by Crippen LogP contribution is 2.29. The molecule has 0 aromatic carbocycles. The largest absolute Gasteiger partial charge is 0.368 e. The maximum atomic E-state index is 6.17. The van der Waals surface area contributed by atoms with Crippen molar-refractivity contribution in [3.05, 3.63) is 18.6 Å². The molecule has 1 fully saturated rings. The minimum absolute atomic E-state index is 0.333. The highest BCUT2D eigenvalue weighted by Gasteiger charge is 2.24.